The largest absolute Gasteiger partial charge is 0.409 e. The molecule has 0 heterocycles. The van der Waals surface area contributed by atoms with Gasteiger partial charge in [0, 0.05) is 5.56 Å². The fourth-order valence-electron chi connectivity index (χ4n) is 1.42. The van der Waals surface area contributed by atoms with E-state index >= 15 is 0 Å². The van der Waals surface area contributed by atoms with Gasteiger partial charge in [-0.15, -0.1) is 0 Å². The first-order chi connectivity index (χ1) is 6.83. The molecule has 0 aromatic heterocycles. The maximum absolute atomic E-state index is 8.59. The van der Waals surface area contributed by atoms with Crippen molar-refractivity contribution in [1.82, 2.24) is 0 Å². The molecule has 0 aliphatic heterocycles. The van der Waals surface area contributed by atoms with Gasteiger partial charge in [0.2, 0.25) is 0 Å². The van der Waals surface area contributed by atoms with E-state index in [2.05, 4.69) is 11.2 Å². The Morgan fingerprint density at radius 3 is 2.86 bits per heavy atom. The van der Waals surface area contributed by atoms with E-state index in [0.717, 1.165) is 10.8 Å². The Labute approximate surface area is 81.5 Å². The molecule has 0 aliphatic rings. The first-order valence-corrected chi connectivity index (χ1v) is 4.20. The Kier molecular flexibility index (Phi) is 2.07. The topological polar surface area (TPSA) is 58.6 Å². The fourth-order valence-corrected chi connectivity index (χ4v) is 1.42. The van der Waals surface area contributed by atoms with Crippen LogP contribution >= 0.6 is 0 Å². The lowest BCUT2D eigenvalue weighted by Crippen LogP contribution is -2.13. The molecule has 2 aromatic carbocycles. The van der Waals surface area contributed by atoms with E-state index in [9.17, 15) is 0 Å². The Hall–Kier alpha value is -2.03. The van der Waals surface area contributed by atoms with Crippen LogP contribution in [0.3, 0.4) is 0 Å². The molecule has 0 aliphatic carbocycles. The fraction of sp³-hybridized carbons (Fsp3) is 0. The van der Waals surface area contributed by atoms with Crippen LogP contribution in [-0.4, -0.2) is 11.0 Å². The summed E-state index contributed by atoms with van der Waals surface area (Å²) in [6.45, 7) is 0. The number of hydrogen-bond acceptors (Lipinski definition) is 2. The molecule has 0 spiro atoms. The van der Waals surface area contributed by atoms with Crippen molar-refractivity contribution in [2.24, 2.45) is 10.9 Å². The summed E-state index contributed by atoms with van der Waals surface area (Å²) in [5.74, 6) is 0.0850. The van der Waals surface area contributed by atoms with Crippen LogP contribution in [0.15, 0.2) is 41.6 Å². The van der Waals surface area contributed by atoms with Crippen molar-refractivity contribution in [2.45, 2.75) is 0 Å². The van der Waals surface area contributed by atoms with Gasteiger partial charge >= 0.3 is 0 Å². The quantitative estimate of drug-likeness (QED) is 0.307. The number of hydrogen-bond donors (Lipinski definition) is 2. The molecule has 14 heavy (non-hydrogen) atoms. The second-order valence-corrected chi connectivity index (χ2v) is 2.93. The molecule has 1 radical (unpaired) electrons. The molecule has 2 aromatic rings. The van der Waals surface area contributed by atoms with Gasteiger partial charge in [-0.05, 0) is 16.8 Å². The summed E-state index contributed by atoms with van der Waals surface area (Å²) in [6, 6.07) is 14.4. The highest BCUT2D eigenvalue weighted by Gasteiger charge is 2.03. The second kappa shape index (κ2) is 3.38. The van der Waals surface area contributed by atoms with Gasteiger partial charge in [-0.25, -0.2) is 0 Å². The van der Waals surface area contributed by atoms with E-state index in [1.165, 1.54) is 0 Å². The first-order valence-electron chi connectivity index (χ1n) is 4.20. The average molecular weight is 185 g/mol. The highest BCUT2D eigenvalue weighted by Crippen LogP contribution is 2.17. The van der Waals surface area contributed by atoms with E-state index in [1.54, 1.807) is 6.07 Å². The summed E-state index contributed by atoms with van der Waals surface area (Å²) < 4.78 is 0. The summed E-state index contributed by atoms with van der Waals surface area (Å²) in [4.78, 5) is 0. The van der Waals surface area contributed by atoms with E-state index < -0.39 is 0 Å². The van der Waals surface area contributed by atoms with Crippen molar-refractivity contribution in [2.75, 3.05) is 0 Å². The number of nitrogens with zero attached hydrogens (tertiary/aromatic N) is 1. The molecule has 3 nitrogen and oxygen atoms in total. The number of benzene rings is 2. The molecule has 0 unspecified atom stereocenters. The normalized spacial score (nSPS) is 11.9. The van der Waals surface area contributed by atoms with Gasteiger partial charge in [-0.3, -0.25) is 0 Å². The minimum Gasteiger partial charge on any atom is -0.409 e. The standard InChI is InChI=1S/C11H9N2O/c12-11(13-14)10-7-3-5-8-4-1-2-6-9(8)10/h1-6,14H,(H2,12,13). The van der Waals surface area contributed by atoms with E-state index in [0.29, 0.717) is 5.56 Å². The third kappa shape index (κ3) is 1.29. The molecule has 0 saturated heterocycles. The molecule has 0 saturated carbocycles. The molecule has 3 N–H and O–H groups in total. The van der Waals surface area contributed by atoms with Crippen LogP contribution in [-0.2, 0) is 0 Å². The molecule has 0 bridgehead atoms. The maximum atomic E-state index is 8.59. The van der Waals surface area contributed by atoms with Gasteiger partial charge in [0.25, 0.3) is 0 Å². The SMILES string of the molecule is NC(=NO)c1[c]ccc2ccccc12. The van der Waals surface area contributed by atoms with Gasteiger partial charge in [-0.2, -0.15) is 0 Å². The Morgan fingerprint density at radius 2 is 2.07 bits per heavy atom. The molecule has 3 heteroatoms. The molecule has 0 atom stereocenters. The summed E-state index contributed by atoms with van der Waals surface area (Å²) in [5.41, 5.74) is 6.16. The third-order valence-corrected chi connectivity index (χ3v) is 2.08. The first kappa shape index (κ1) is 8.56. The van der Waals surface area contributed by atoms with Gasteiger partial charge in [0.15, 0.2) is 5.84 Å². The molecular weight excluding hydrogens is 176 g/mol. The minimum absolute atomic E-state index is 0.0850. The molecule has 0 fully saturated rings. The van der Waals surface area contributed by atoms with Crippen LogP contribution in [0.2, 0.25) is 0 Å². The lowest BCUT2D eigenvalue weighted by atomic mass is 10.0. The van der Waals surface area contributed by atoms with Crippen LogP contribution in [0, 0.1) is 6.07 Å². The molecular formula is C11H9N2O. The number of nitrogens with two attached hydrogens (primary N) is 1. The van der Waals surface area contributed by atoms with Crippen molar-refractivity contribution in [1.29, 1.82) is 0 Å². The van der Waals surface area contributed by atoms with Crippen LogP contribution in [0.5, 0.6) is 0 Å². The lowest BCUT2D eigenvalue weighted by molar-refractivity contribution is 0.318. The van der Waals surface area contributed by atoms with Gasteiger partial charge in [0.1, 0.15) is 0 Å². The Balaban J connectivity index is 2.77. The van der Waals surface area contributed by atoms with Gasteiger partial charge in [-0.1, -0.05) is 41.6 Å². The summed E-state index contributed by atoms with van der Waals surface area (Å²) in [6.07, 6.45) is 0. The van der Waals surface area contributed by atoms with E-state index in [4.69, 9.17) is 10.9 Å². The van der Waals surface area contributed by atoms with Crippen molar-refractivity contribution in [3.05, 3.63) is 48.0 Å². The number of amidine groups is 1. The summed E-state index contributed by atoms with van der Waals surface area (Å²) in [5, 5.41) is 13.5. The zero-order chi connectivity index (χ0) is 9.97. The second-order valence-electron chi connectivity index (χ2n) is 2.93. The van der Waals surface area contributed by atoms with Crippen molar-refractivity contribution in [3.63, 3.8) is 0 Å². The monoisotopic (exact) mass is 185 g/mol. The zero-order valence-electron chi connectivity index (χ0n) is 7.44. The van der Waals surface area contributed by atoms with Crippen LogP contribution in [0.25, 0.3) is 10.8 Å². The van der Waals surface area contributed by atoms with Gasteiger partial charge in [0.05, 0.1) is 0 Å². The minimum atomic E-state index is 0.0850. The van der Waals surface area contributed by atoms with Crippen molar-refractivity contribution < 1.29 is 5.21 Å². The highest BCUT2D eigenvalue weighted by molar-refractivity contribution is 6.08. The Bertz CT molecular complexity index is 486. The smallest absolute Gasteiger partial charge is 0.171 e. The lowest BCUT2D eigenvalue weighted by Gasteiger charge is -2.03. The van der Waals surface area contributed by atoms with E-state index in [-0.39, 0.29) is 5.84 Å². The van der Waals surface area contributed by atoms with Crippen molar-refractivity contribution >= 4 is 16.6 Å². The van der Waals surface area contributed by atoms with Crippen LogP contribution in [0.4, 0.5) is 0 Å². The third-order valence-electron chi connectivity index (χ3n) is 2.08. The molecule has 0 amide bonds. The molecule has 69 valence electrons. The zero-order valence-corrected chi connectivity index (χ0v) is 7.44. The summed E-state index contributed by atoms with van der Waals surface area (Å²) in [7, 11) is 0. The number of oxime groups is 1. The maximum Gasteiger partial charge on any atom is 0.171 e. The van der Waals surface area contributed by atoms with E-state index in [1.807, 2.05) is 30.3 Å². The number of fused-ring (bicyclic) bond motifs is 1. The highest BCUT2D eigenvalue weighted by atomic mass is 16.4. The van der Waals surface area contributed by atoms with Crippen LogP contribution in [0.1, 0.15) is 5.56 Å². The Morgan fingerprint density at radius 1 is 1.29 bits per heavy atom. The van der Waals surface area contributed by atoms with Gasteiger partial charge < -0.3 is 10.9 Å². The predicted octanol–water partition coefficient (Wildman–Crippen LogP) is 1.73. The average Bonchev–Trinajstić information content (AvgIpc) is 2.27. The predicted molar refractivity (Wildman–Crippen MR) is 55.3 cm³/mol. The van der Waals surface area contributed by atoms with Crippen LogP contribution < -0.4 is 5.73 Å². The summed E-state index contributed by atoms with van der Waals surface area (Å²) >= 11 is 0. The number of rotatable bonds is 1. The van der Waals surface area contributed by atoms with Crippen molar-refractivity contribution in [3.8, 4) is 0 Å². The molecule has 2 rings (SSSR count).